The van der Waals surface area contributed by atoms with E-state index in [-0.39, 0.29) is 34.1 Å². The third-order valence-corrected chi connectivity index (χ3v) is 6.44. The van der Waals surface area contributed by atoms with Gasteiger partial charge in [0.15, 0.2) is 5.43 Å². The van der Waals surface area contributed by atoms with Crippen LogP contribution in [0.2, 0.25) is 5.02 Å². The van der Waals surface area contributed by atoms with Gasteiger partial charge in [0.25, 0.3) is 0 Å². The van der Waals surface area contributed by atoms with E-state index in [1.165, 1.54) is 28.1 Å². The summed E-state index contributed by atoms with van der Waals surface area (Å²) in [6.45, 7) is 2.47. The number of benzene rings is 3. The molecule has 0 unspecified atom stereocenters. The fourth-order valence-corrected chi connectivity index (χ4v) is 4.22. The van der Waals surface area contributed by atoms with Crippen molar-refractivity contribution in [2.45, 2.75) is 32.2 Å². The highest BCUT2D eigenvalue weighted by Gasteiger charge is 2.34. The minimum Gasteiger partial charge on any atom is -0.496 e. The monoisotopic (exact) mass is 512 g/mol. The highest BCUT2D eigenvalue weighted by Crippen LogP contribution is 2.44. The van der Waals surface area contributed by atoms with Crippen molar-refractivity contribution in [3.63, 3.8) is 0 Å². The minimum atomic E-state index is -1.87. The lowest BCUT2D eigenvalue weighted by Crippen LogP contribution is -2.35. The number of aliphatic hydroxyl groups is 2. The molecule has 188 valence electrons. The quantitative estimate of drug-likeness (QED) is 0.273. The molecule has 0 fully saturated rings. The predicted molar refractivity (Wildman–Crippen MR) is 135 cm³/mol. The number of aliphatic hydroxyl groups excluding tert-OH is 1. The Hall–Kier alpha value is -3.59. The number of hydrogen-bond acceptors (Lipinski definition) is 8. The molecule has 9 heteroatoms. The third kappa shape index (κ3) is 4.39. The zero-order chi connectivity index (χ0) is 26.2. The van der Waals surface area contributed by atoms with E-state index in [2.05, 4.69) is 0 Å². The van der Waals surface area contributed by atoms with Crippen molar-refractivity contribution in [2.24, 2.45) is 0 Å². The first-order chi connectivity index (χ1) is 17.1. The van der Waals surface area contributed by atoms with Crippen LogP contribution in [-0.4, -0.2) is 36.5 Å². The molecule has 1 heterocycles. The van der Waals surface area contributed by atoms with Gasteiger partial charge in [0, 0.05) is 23.1 Å². The summed E-state index contributed by atoms with van der Waals surface area (Å²) >= 11 is 6.43. The van der Waals surface area contributed by atoms with Crippen LogP contribution in [0.3, 0.4) is 0 Å². The van der Waals surface area contributed by atoms with E-state index in [4.69, 9.17) is 30.2 Å². The Balaban J connectivity index is 2.02. The number of hydrogen-bond donors (Lipinski definition) is 2. The molecule has 8 nitrogen and oxygen atoms in total. The number of carbonyl (C=O) groups is 1. The van der Waals surface area contributed by atoms with Crippen LogP contribution in [0.15, 0.2) is 57.7 Å². The van der Waals surface area contributed by atoms with Gasteiger partial charge in [0.1, 0.15) is 35.1 Å². The molecule has 1 aromatic heterocycles. The van der Waals surface area contributed by atoms with Gasteiger partial charge in [-0.3, -0.25) is 4.79 Å². The summed E-state index contributed by atoms with van der Waals surface area (Å²) in [5.41, 5.74) is -1.64. The van der Waals surface area contributed by atoms with E-state index in [0.717, 1.165) is 6.07 Å². The fraction of sp³-hybridized carbons (Fsp3) is 0.259. The van der Waals surface area contributed by atoms with Gasteiger partial charge >= 0.3 is 5.97 Å². The molecule has 0 aliphatic heterocycles. The lowest BCUT2D eigenvalue weighted by Gasteiger charge is -2.25. The Morgan fingerprint density at radius 3 is 2.42 bits per heavy atom. The van der Waals surface area contributed by atoms with Crippen LogP contribution in [-0.2, 0) is 16.9 Å². The summed E-state index contributed by atoms with van der Waals surface area (Å²) in [7, 11) is 2.88. The summed E-state index contributed by atoms with van der Waals surface area (Å²) in [5.74, 6) is -0.135. The molecule has 0 saturated heterocycles. The normalized spacial score (nSPS) is 13.9. The Bertz CT molecular complexity index is 1510. The number of rotatable bonds is 7. The van der Waals surface area contributed by atoms with Crippen molar-refractivity contribution in [3.05, 3.63) is 80.7 Å². The molecule has 2 N–H and O–H groups in total. The van der Waals surface area contributed by atoms with Gasteiger partial charge < -0.3 is 28.8 Å². The Labute approximate surface area is 211 Å². The number of esters is 1. The van der Waals surface area contributed by atoms with Crippen molar-refractivity contribution in [1.29, 1.82) is 0 Å². The van der Waals surface area contributed by atoms with E-state index in [1.54, 1.807) is 42.5 Å². The van der Waals surface area contributed by atoms with Gasteiger partial charge in [0.05, 0.1) is 41.7 Å². The van der Waals surface area contributed by atoms with Crippen molar-refractivity contribution in [2.75, 3.05) is 14.2 Å². The molecule has 0 aliphatic rings. The average Bonchev–Trinajstić information content (AvgIpc) is 2.86. The highest BCUT2D eigenvalue weighted by molar-refractivity contribution is 6.34. The van der Waals surface area contributed by atoms with E-state index >= 15 is 0 Å². The van der Waals surface area contributed by atoms with Crippen LogP contribution in [0, 0.1) is 0 Å². The molecular formula is C27H25ClO8. The van der Waals surface area contributed by atoms with Crippen LogP contribution >= 0.6 is 11.6 Å². The second-order valence-corrected chi connectivity index (χ2v) is 8.90. The molecule has 0 spiro atoms. The van der Waals surface area contributed by atoms with Crippen molar-refractivity contribution in [1.82, 2.24) is 0 Å². The van der Waals surface area contributed by atoms with Gasteiger partial charge in [-0.25, -0.2) is 4.79 Å². The van der Waals surface area contributed by atoms with Gasteiger partial charge in [-0.2, -0.15) is 0 Å². The van der Waals surface area contributed by atoms with E-state index in [0.29, 0.717) is 27.6 Å². The number of ether oxygens (including phenoxy) is 3. The zero-order valence-corrected chi connectivity index (χ0v) is 20.9. The molecule has 0 radical (unpaired) electrons. The van der Waals surface area contributed by atoms with Crippen LogP contribution < -0.4 is 14.9 Å². The van der Waals surface area contributed by atoms with E-state index in [1.807, 2.05) is 0 Å². The minimum absolute atomic E-state index is 0.0411. The van der Waals surface area contributed by atoms with Crippen LogP contribution in [0.5, 0.6) is 11.5 Å². The molecule has 2 atom stereocenters. The van der Waals surface area contributed by atoms with Gasteiger partial charge in [0.2, 0.25) is 0 Å². The number of methoxy groups -OCH3 is 2. The van der Waals surface area contributed by atoms with Gasteiger partial charge in [-0.15, -0.1) is 0 Å². The summed E-state index contributed by atoms with van der Waals surface area (Å²) < 4.78 is 22.6. The predicted octanol–water partition coefficient (Wildman–Crippen LogP) is 4.56. The maximum absolute atomic E-state index is 13.4. The largest absolute Gasteiger partial charge is 0.496 e. The zero-order valence-electron chi connectivity index (χ0n) is 20.1. The lowest BCUT2D eigenvalue weighted by atomic mass is 9.95. The Morgan fingerprint density at radius 2 is 1.81 bits per heavy atom. The smallest absolute Gasteiger partial charge is 0.338 e. The molecular weight excluding hydrogens is 488 g/mol. The molecule has 4 aromatic rings. The number of carbonyl (C=O) groups excluding carboxylic acids is 1. The Kier molecular flexibility index (Phi) is 6.95. The highest BCUT2D eigenvalue weighted by atomic mass is 35.5. The van der Waals surface area contributed by atoms with Crippen LogP contribution in [0.25, 0.3) is 21.7 Å². The molecule has 36 heavy (non-hydrogen) atoms. The first-order valence-corrected chi connectivity index (χ1v) is 11.4. The fourth-order valence-electron chi connectivity index (χ4n) is 3.95. The molecule has 4 rings (SSSR count). The molecule has 0 bridgehead atoms. The summed E-state index contributed by atoms with van der Waals surface area (Å²) in [5, 5.41) is 22.1. The maximum atomic E-state index is 13.4. The van der Waals surface area contributed by atoms with Crippen molar-refractivity contribution < 1.29 is 33.6 Å². The molecule has 3 aromatic carbocycles. The first kappa shape index (κ1) is 25.5. The molecule has 0 aliphatic carbocycles. The lowest BCUT2D eigenvalue weighted by molar-refractivity contribution is -0.0707. The summed E-state index contributed by atoms with van der Waals surface area (Å²) in [6, 6.07) is 12.8. The van der Waals surface area contributed by atoms with Crippen LogP contribution in [0.1, 0.15) is 35.5 Å². The van der Waals surface area contributed by atoms with E-state index < -0.39 is 23.1 Å². The second kappa shape index (κ2) is 9.81. The SMILES string of the molecule is COc1cc(Cl)c(OC)c2c1cc(COC(=O)c1ccccc1)c1c(=O)cc([C@@](C)(O)[C@@H](C)O)oc12. The average molecular weight is 513 g/mol. The van der Waals surface area contributed by atoms with E-state index in [9.17, 15) is 19.8 Å². The molecule has 0 saturated carbocycles. The summed E-state index contributed by atoms with van der Waals surface area (Å²) in [4.78, 5) is 26.0. The van der Waals surface area contributed by atoms with Crippen LogP contribution in [0.4, 0.5) is 0 Å². The van der Waals surface area contributed by atoms with Crippen molar-refractivity contribution >= 4 is 39.3 Å². The number of fused-ring (bicyclic) bond motifs is 3. The van der Waals surface area contributed by atoms with Gasteiger partial charge in [-0.05, 0) is 32.0 Å². The Morgan fingerprint density at radius 1 is 1.11 bits per heavy atom. The summed E-state index contributed by atoms with van der Waals surface area (Å²) in [6.07, 6.45) is -1.25. The standard InChI is InChI=1S/C27H25ClO8/c1-14(29)27(2,32)21-12-19(30)22-16(13-35-26(31)15-8-6-5-7-9-15)10-17-20(33-3)11-18(28)24(34-4)23(17)25(22)36-21/h5-12,14,29,32H,13H2,1-4H3/t14-,27+/m1/s1. The van der Waals surface area contributed by atoms with Crippen molar-refractivity contribution in [3.8, 4) is 11.5 Å². The second-order valence-electron chi connectivity index (χ2n) is 8.50. The molecule has 0 amide bonds. The first-order valence-electron chi connectivity index (χ1n) is 11.1. The topological polar surface area (TPSA) is 115 Å². The maximum Gasteiger partial charge on any atom is 0.338 e. The van der Waals surface area contributed by atoms with Gasteiger partial charge in [-0.1, -0.05) is 29.8 Å². The number of halogens is 1. The third-order valence-electron chi connectivity index (χ3n) is 6.16.